The molecule has 2 aromatic carbocycles. The first-order valence-electron chi connectivity index (χ1n) is 7.29. The molecular weight excluding hydrogens is 324 g/mol. The average Bonchev–Trinajstić information content (AvgIpc) is 3.10. The Hall–Kier alpha value is -2.80. The zero-order chi connectivity index (χ0) is 16.8. The lowest BCUT2D eigenvalue weighted by Gasteiger charge is -2.02. The Balaban J connectivity index is 1.56. The van der Waals surface area contributed by atoms with E-state index in [4.69, 9.17) is 4.74 Å². The number of rotatable bonds is 6. The highest BCUT2D eigenvalue weighted by atomic mass is 32.2. The number of H-pyrrole nitrogens is 1. The van der Waals surface area contributed by atoms with Crippen molar-refractivity contribution in [1.82, 2.24) is 15.2 Å². The minimum absolute atomic E-state index is 0.0954. The summed E-state index contributed by atoms with van der Waals surface area (Å²) in [6.07, 6.45) is 0. The highest BCUT2D eigenvalue weighted by molar-refractivity contribution is 7.99. The van der Waals surface area contributed by atoms with Crippen molar-refractivity contribution in [3.63, 3.8) is 0 Å². The summed E-state index contributed by atoms with van der Waals surface area (Å²) in [7, 11) is 1.62. The lowest BCUT2D eigenvalue weighted by molar-refractivity contribution is -0.113. The van der Waals surface area contributed by atoms with Crippen LogP contribution in [-0.4, -0.2) is 34.0 Å². The Kier molecular flexibility index (Phi) is 5.12. The second-order valence-corrected chi connectivity index (χ2v) is 5.84. The van der Waals surface area contributed by atoms with E-state index in [9.17, 15) is 4.79 Å². The van der Waals surface area contributed by atoms with Gasteiger partial charge in [-0.1, -0.05) is 30.0 Å². The summed E-state index contributed by atoms with van der Waals surface area (Å²) >= 11 is 1.28. The molecule has 0 fully saturated rings. The number of carbonyl (C=O) groups is 1. The van der Waals surface area contributed by atoms with Crippen LogP contribution in [0.2, 0.25) is 0 Å². The monoisotopic (exact) mass is 340 g/mol. The summed E-state index contributed by atoms with van der Waals surface area (Å²) in [4.78, 5) is 16.3. The van der Waals surface area contributed by atoms with Crippen molar-refractivity contribution >= 4 is 23.4 Å². The molecule has 0 aliphatic rings. The predicted octanol–water partition coefficient (Wildman–Crippen LogP) is 3.21. The third-order valence-corrected chi connectivity index (χ3v) is 4.07. The number of aromatic amines is 1. The molecule has 122 valence electrons. The number of methoxy groups -OCH3 is 1. The molecule has 0 saturated carbocycles. The molecule has 24 heavy (non-hydrogen) atoms. The Bertz CT molecular complexity index is 803. The highest BCUT2D eigenvalue weighted by Gasteiger charge is 2.09. The quantitative estimate of drug-likeness (QED) is 0.674. The molecule has 3 rings (SSSR count). The number of aromatic nitrogens is 3. The smallest absolute Gasteiger partial charge is 0.234 e. The van der Waals surface area contributed by atoms with E-state index < -0.39 is 0 Å². The fraction of sp³-hybridized carbons (Fsp3) is 0.118. The third kappa shape index (κ3) is 4.14. The van der Waals surface area contributed by atoms with E-state index in [2.05, 4.69) is 20.5 Å². The van der Waals surface area contributed by atoms with Crippen molar-refractivity contribution in [2.24, 2.45) is 0 Å². The first-order chi connectivity index (χ1) is 11.7. The van der Waals surface area contributed by atoms with E-state index in [0.717, 1.165) is 17.0 Å². The van der Waals surface area contributed by atoms with E-state index >= 15 is 0 Å². The summed E-state index contributed by atoms with van der Waals surface area (Å²) < 4.78 is 5.13. The number of ether oxygens (including phenoxy) is 1. The number of carbonyl (C=O) groups excluding carboxylic acids is 1. The van der Waals surface area contributed by atoms with Crippen LogP contribution in [0.5, 0.6) is 5.75 Å². The largest absolute Gasteiger partial charge is 0.497 e. The van der Waals surface area contributed by atoms with E-state index in [1.807, 2.05) is 54.6 Å². The van der Waals surface area contributed by atoms with Crippen molar-refractivity contribution in [3.05, 3.63) is 54.6 Å². The number of nitrogens with one attached hydrogen (secondary N) is 2. The first-order valence-corrected chi connectivity index (χ1v) is 8.27. The molecule has 0 unspecified atom stereocenters. The van der Waals surface area contributed by atoms with Gasteiger partial charge in [-0.3, -0.25) is 9.89 Å². The number of para-hydroxylation sites is 1. The van der Waals surface area contributed by atoms with Gasteiger partial charge in [-0.05, 0) is 36.4 Å². The van der Waals surface area contributed by atoms with Gasteiger partial charge in [0.15, 0.2) is 5.82 Å². The third-order valence-electron chi connectivity index (χ3n) is 3.22. The average molecular weight is 340 g/mol. The summed E-state index contributed by atoms with van der Waals surface area (Å²) in [5.74, 6) is 1.59. The van der Waals surface area contributed by atoms with Crippen LogP contribution in [0.25, 0.3) is 11.4 Å². The van der Waals surface area contributed by atoms with Crippen LogP contribution in [0.15, 0.2) is 59.8 Å². The standard InChI is InChI=1S/C17H16N4O2S/c1-23-14-9-7-12(8-10-14)16-19-17(21-20-16)24-11-15(22)18-13-5-3-2-4-6-13/h2-10H,11H2,1H3,(H,18,22)(H,19,20,21). The van der Waals surface area contributed by atoms with Crippen LogP contribution >= 0.6 is 11.8 Å². The molecule has 1 aromatic heterocycles. The Morgan fingerprint density at radius 1 is 1.17 bits per heavy atom. The SMILES string of the molecule is COc1ccc(-c2nc(SCC(=O)Nc3ccccc3)n[nH]2)cc1. The maximum atomic E-state index is 11.9. The van der Waals surface area contributed by atoms with Gasteiger partial charge in [0.05, 0.1) is 12.9 Å². The number of hydrogen-bond acceptors (Lipinski definition) is 5. The maximum Gasteiger partial charge on any atom is 0.234 e. The van der Waals surface area contributed by atoms with E-state index in [1.54, 1.807) is 7.11 Å². The predicted molar refractivity (Wildman–Crippen MR) is 94.2 cm³/mol. The van der Waals surface area contributed by atoms with Crippen molar-refractivity contribution in [3.8, 4) is 17.1 Å². The Labute approximate surface area is 143 Å². The van der Waals surface area contributed by atoms with Crippen molar-refractivity contribution < 1.29 is 9.53 Å². The minimum atomic E-state index is -0.0954. The Morgan fingerprint density at radius 2 is 1.92 bits per heavy atom. The molecule has 0 aliphatic carbocycles. The molecule has 7 heteroatoms. The number of anilines is 1. The lowest BCUT2D eigenvalue weighted by atomic mass is 10.2. The summed E-state index contributed by atoms with van der Waals surface area (Å²) in [5, 5.41) is 10.4. The molecule has 0 spiro atoms. The zero-order valence-electron chi connectivity index (χ0n) is 13.0. The second kappa shape index (κ2) is 7.65. The fourth-order valence-electron chi connectivity index (χ4n) is 2.04. The lowest BCUT2D eigenvalue weighted by Crippen LogP contribution is -2.13. The molecule has 0 radical (unpaired) electrons. The number of benzene rings is 2. The second-order valence-electron chi connectivity index (χ2n) is 4.90. The van der Waals surface area contributed by atoms with Gasteiger partial charge in [-0.2, -0.15) is 0 Å². The molecule has 0 saturated heterocycles. The summed E-state index contributed by atoms with van der Waals surface area (Å²) in [6.45, 7) is 0. The number of amides is 1. The minimum Gasteiger partial charge on any atom is -0.497 e. The van der Waals surface area contributed by atoms with E-state index in [-0.39, 0.29) is 11.7 Å². The van der Waals surface area contributed by atoms with Gasteiger partial charge in [-0.15, -0.1) is 5.10 Å². The zero-order valence-corrected chi connectivity index (χ0v) is 13.8. The van der Waals surface area contributed by atoms with Gasteiger partial charge in [-0.25, -0.2) is 4.98 Å². The van der Waals surface area contributed by atoms with Gasteiger partial charge in [0.25, 0.3) is 0 Å². The van der Waals surface area contributed by atoms with Crippen LogP contribution < -0.4 is 10.1 Å². The molecule has 0 bridgehead atoms. The maximum absolute atomic E-state index is 11.9. The van der Waals surface area contributed by atoms with Gasteiger partial charge >= 0.3 is 0 Å². The van der Waals surface area contributed by atoms with Crippen molar-refractivity contribution in [2.75, 3.05) is 18.2 Å². The summed E-state index contributed by atoms with van der Waals surface area (Å²) in [6, 6.07) is 16.9. The van der Waals surface area contributed by atoms with E-state index in [0.29, 0.717) is 11.0 Å². The van der Waals surface area contributed by atoms with Crippen molar-refractivity contribution in [1.29, 1.82) is 0 Å². The van der Waals surface area contributed by atoms with Gasteiger partial charge in [0.2, 0.25) is 11.1 Å². The molecule has 0 atom stereocenters. The Morgan fingerprint density at radius 3 is 2.62 bits per heavy atom. The topological polar surface area (TPSA) is 79.9 Å². The molecular formula is C17H16N4O2S. The molecule has 1 amide bonds. The van der Waals surface area contributed by atoms with Gasteiger partial charge in [0.1, 0.15) is 5.75 Å². The van der Waals surface area contributed by atoms with Crippen molar-refractivity contribution in [2.45, 2.75) is 5.16 Å². The summed E-state index contributed by atoms with van der Waals surface area (Å²) in [5.41, 5.74) is 1.68. The molecule has 6 nitrogen and oxygen atoms in total. The molecule has 1 heterocycles. The van der Waals surface area contributed by atoms with Crippen LogP contribution in [-0.2, 0) is 4.79 Å². The number of nitrogens with zero attached hydrogens (tertiary/aromatic N) is 2. The fourth-order valence-corrected chi connectivity index (χ4v) is 2.64. The molecule has 2 N–H and O–H groups in total. The van der Waals surface area contributed by atoms with Gasteiger partial charge < -0.3 is 10.1 Å². The van der Waals surface area contributed by atoms with Gasteiger partial charge in [0, 0.05) is 11.3 Å². The van der Waals surface area contributed by atoms with Crippen LogP contribution in [0.4, 0.5) is 5.69 Å². The number of hydrogen-bond donors (Lipinski definition) is 2. The normalized spacial score (nSPS) is 10.4. The van der Waals surface area contributed by atoms with E-state index in [1.165, 1.54) is 11.8 Å². The highest BCUT2D eigenvalue weighted by Crippen LogP contribution is 2.21. The van der Waals surface area contributed by atoms with Crippen LogP contribution in [0.1, 0.15) is 0 Å². The number of thioether (sulfide) groups is 1. The van der Waals surface area contributed by atoms with Crippen LogP contribution in [0, 0.1) is 0 Å². The van der Waals surface area contributed by atoms with Crippen LogP contribution in [0.3, 0.4) is 0 Å². The first kappa shape index (κ1) is 16.1. The molecule has 0 aliphatic heterocycles. The molecule has 3 aromatic rings.